The Labute approximate surface area is 225 Å². The van der Waals surface area contributed by atoms with Crippen LogP contribution in [-0.4, -0.2) is 30.0 Å². The number of amides is 1. The van der Waals surface area contributed by atoms with Crippen LogP contribution in [0, 0.1) is 11.8 Å². The maximum absolute atomic E-state index is 13.3. The largest absolute Gasteiger partial charge is 0.508 e. The molecule has 6 nitrogen and oxygen atoms in total. The van der Waals surface area contributed by atoms with Crippen LogP contribution in [0.1, 0.15) is 47.2 Å². The third-order valence-corrected chi connectivity index (χ3v) is 6.89. The van der Waals surface area contributed by atoms with Crippen LogP contribution in [-0.2, 0) is 22.3 Å². The van der Waals surface area contributed by atoms with Gasteiger partial charge in [-0.05, 0) is 67.1 Å². The number of phenolic OH excluding ortho intramolecular Hbond substituents is 1. The molecule has 206 valence electrons. The number of alkyl halides is 3. The molecular formula is C30H31F3N2O4. The first-order valence-electron chi connectivity index (χ1n) is 12.9. The average Bonchev–Trinajstić information content (AvgIpc) is 3.45. The Hall–Kier alpha value is -3.85. The molecule has 3 N–H and O–H groups in total. The molecule has 0 radical (unpaired) electrons. The molecule has 1 aliphatic rings. The van der Waals surface area contributed by atoms with Gasteiger partial charge in [-0.1, -0.05) is 36.4 Å². The number of aromatic hydroxyl groups is 1. The normalized spacial score (nSPS) is 16.0. The van der Waals surface area contributed by atoms with Crippen molar-refractivity contribution in [3.8, 4) is 5.75 Å². The third kappa shape index (κ3) is 7.83. The van der Waals surface area contributed by atoms with E-state index in [4.69, 9.17) is 4.74 Å². The van der Waals surface area contributed by atoms with Gasteiger partial charge in [-0.2, -0.15) is 13.2 Å². The second kappa shape index (κ2) is 12.8. The van der Waals surface area contributed by atoms with Crippen molar-refractivity contribution < 1.29 is 32.6 Å². The number of benzene rings is 3. The maximum atomic E-state index is 13.3. The molecule has 39 heavy (non-hydrogen) atoms. The topological polar surface area (TPSA) is 87.7 Å². The lowest BCUT2D eigenvalue weighted by Gasteiger charge is -2.22. The van der Waals surface area contributed by atoms with Gasteiger partial charge in [0.1, 0.15) is 5.75 Å². The first-order valence-corrected chi connectivity index (χ1v) is 12.9. The van der Waals surface area contributed by atoms with E-state index in [2.05, 4.69) is 10.6 Å². The van der Waals surface area contributed by atoms with Crippen LogP contribution in [0.3, 0.4) is 0 Å². The van der Waals surface area contributed by atoms with Crippen LogP contribution in [0.25, 0.3) is 0 Å². The SMILES string of the molecule is O=C(CCC[C@H](C(=O)NCc1ccc(Nc2ccccc2C(F)(F)F)cc1)C1CCOC1)c1cccc(O)c1. The molecule has 3 aromatic carbocycles. The number of Topliss-reactive ketones (excluding diaryl/α,β-unsaturated/α-hetero) is 1. The quantitative estimate of drug-likeness (QED) is 0.243. The highest BCUT2D eigenvalue weighted by Gasteiger charge is 2.33. The second-order valence-electron chi connectivity index (χ2n) is 9.68. The Morgan fingerprint density at radius 1 is 1.03 bits per heavy atom. The summed E-state index contributed by atoms with van der Waals surface area (Å²) in [6, 6.07) is 18.4. The lowest BCUT2D eigenvalue weighted by Crippen LogP contribution is -2.35. The number of carbonyl (C=O) groups excluding carboxylic acids is 2. The molecule has 0 spiro atoms. The number of halogens is 3. The highest BCUT2D eigenvalue weighted by molar-refractivity contribution is 5.96. The fourth-order valence-electron chi connectivity index (χ4n) is 4.78. The highest BCUT2D eigenvalue weighted by atomic mass is 19.4. The van der Waals surface area contributed by atoms with Gasteiger partial charge in [-0.25, -0.2) is 0 Å². The zero-order valence-corrected chi connectivity index (χ0v) is 21.3. The molecule has 1 unspecified atom stereocenters. The molecule has 1 amide bonds. The molecule has 0 saturated carbocycles. The van der Waals surface area contributed by atoms with Gasteiger partial charge >= 0.3 is 6.18 Å². The number of hydrogen-bond donors (Lipinski definition) is 3. The van der Waals surface area contributed by atoms with Crippen LogP contribution in [0.2, 0.25) is 0 Å². The molecule has 9 heteroatoms. The average molecular weight is 541 g/mol. The van der Waals surface area contributed by atoms with E-state index < -0.39 is 11.7 Å². The van der Waals surface area contributed by atoms with E-state index in [1.165, 1.54) is 30.3 Å². The Balaban J connectivity index is 1.32. The van der Waals surface area contributed by atoms with Crippen LogP contribution >= 0.6 is 0 Å². The van der Waals surface area contributed by atoms with E-state index in [9.17, 15) is 27.9 Å². The maximum Gasteiger partial charge on any atom is 0.418 e. The number of hydrogen-bond acceptors (Lipinski definition) is 5. The summed E-state index contributed by atoms with van der Waals surface area (Å²) in [5.41, 5.74) is 0.972. The number of carbonyl (C=O) groups is 2. The van der Waals surface area contributed by atoms with Crippen molar-refractivity contribution in [3.63, 3.8) is 0 Å². The standard InChI is InChI=1S/C30H31F3N2O4/c31-30(32,33)26-8-1-2-9-27(26)35-23-13-11-20(12-14-23)18-34-29(38)25(22-15-16-39-19-22)7-4-10-28(37)21-5-3-6-24(36)17-21/h1-3,5-6,8-9,11-14,17,22,25,35-36H,4,7,10,15-16,18-19H2,(H,34,38)/t22?,25-/m0/s1. The Kier molecular flexibility index (Phi) is 9.24. The molecule has 3 aromatic rings. The smallest absolute Gasteiger partial charge is 0.418 e. The molecule has 1 heterocycles. The highest BCUT2D eigenvalue weighted by Crippen LogP contribution is 2.36. The molecule has 0 aromatic heterocycles. The van der Waals surface area contributed by atoms with E-state index in [1.54, 1.807) is 36.4 Å². The van der Waals surface area contributed by atoms with Crippen molar-refractivity contribution in [3.05, 3.63) is 89.5 Å². The van der Waals surface area contributed by atoms with Crippen molar-refractivity contribution in [1.29, 1.82) is 0 Å². The number of nitrogens with one attached hydrogen (secondary N) is 2. The Morgan fingerprint density at radius 3 is 2.49 bits per heavy atom. The van der Waals surface area contributed by atoms with Gasteiger partial charge < -0.3 is 20.5 Å². The monoisotopic (exact) mass is 540 g/mol. The molecule has 1 aliphatic heterocycles. The molecule has 0 aliphatic carbocycles. The van der Waals surface area contributed by atoms with Gasteiger partial charge in [0.25, 0.3) is 0 Å². The molecule has 2 atom stereocenters. The first kappa shape index (κ1) is 28.2. The Morgan fingerprint density at radius 2 is 1.79 bits per heavy atom. The third-order valence-electron chi connectivity index (χ3n) is 6.89. The molecule has 1 fully saturated rings. The van der Waals surface area contributed by atoms with Crippen molar-refractivity contribution >= 4 is 23.1 Å². The molecule has 1 saturated heterocycles. The van der Waals surface area contributed by atoms with E-state index >= 15 is 0 Å². The summed E-state index contributed by atoms with van der Waals surface area (Å²) in [5, 5.41) is 15.4. The fourth-order valence-corrected chi connectivity index (χ4v) is 4.78. The summed E-state index contributed by atoms with van der Waals surface area (Å²) >= 11 is 0. The summed E-state index contributed by atoms with van der Waals surface area (Å²) in [4.78, 5) is 25.6. The van der Waals surface area contributed by atoms with Gasteiger partial charge in [0.2, 0.25) is 5.91 Å². The number of anilines is 2. The minimum atomic E-state index is -4.47. The van der Waals surface area contributed by atoms with E-state index in [0.717, 1.165) is 18.1 Å². The lowest BCUT2D eigenvalue weighted by molar-refractivity contribution is -0.137. The van der Waals surface area contributed by atoms with Crippen LogP contribution in [0.5, 0.6) is 5.75 Å². The Bertz CT molecular complexity index is 1270. The predicted molar refractivity (Wildman–Crippen MR) is 142 cm³/mol. The van der Waals surface area contributed by atoms with E-state index in [0.29, 0.717) is 37.3 Å². The lowest BCUT2D eigenvalue weighted by atomic mass is 9.86. The second-order valence-corrected chi connectivity index (χ2v) is 9.68. The molecule has 0 bridgehead atoms. The minimum Gasteiger partial charge on any atom is -0.508 e. The fraction of sp³-hybridized carbons (Fsp3) is 0.333. The van der Waals surface area contributed by atoms with Gasteiger partial charge in [0, 0.05) is 36.7 Å². The van der Waals surface area contributed by atoms with Crippen molar-refractivity contribution in [1.82, 2.24) is 5.32 Å². The number of ketones is 1. The number of rotatable bonds is 11. The van der Waals surface area contributed by atoms with E-state index in [1.807, 2.05) is 0 Å². The number of para-hydroxylation sites is 1. The van der Waals surface area contributed by atoms with Crippen LogP contribution < -0.4 is 10.6 Å². The summed E-state index contributed by atoms with van der Waals surface area (Å²) in [6.07, 6.45) is -2.35. The first-order chi connectivity index (χ1) is 18.7. The number of phenols is 1. The van der Waals surface area contributed by atoms with Crippen LogP contribution in [0.15, 0.2) is 72.8 Å². The van der Waals surface area contributed by atoms with Crippen molar-refractivity contribution in [2.24, 2.45) is 11.8 Å². The minimum absolute atomic E-state index is 0.0322. The summed E-state index contributed by atoms with van der Waals surface area (Å²) in [5.74, 6) is -0.391. The van der Waals surface area contributed by atoms with Crippen molar-refractivity contribution in [2.75, 3.05) is 18.5 Å². The van der Waals surface area contributed by atoms with Crippen LogP contribution in [0.4, 0.5) is 24.5 Å². The van der Waals surface area contributed by atoms with Crippen molar-refractivity contribution in [2.45, 2.75) is 38.4 Å². The molecule has 4 rings (SSSR count). The zero-order valence-electron chi connectivity index (χ0n) is 21.3. The summed E-state index contributed by atoms with van der Waals surface area (Å²) < 4.78 is 45.3. The summed E-state index contributed by atoms with van der Waals surface area (Å²) in [6.45, 7) is 1.37. The molecular weight excluding hydrogens is 509 g/mol. The van der Waals surface area contributed by atoms with E-state index in [-0.39, 0.29) is 47.9 Å². The van der Waals surface area contributed by atoms with Gasteiger partial charge in [0.15, 0.2) is 5.78 Å². The van der Waals surface area contributed by atoms with Gasteiger partial charge in [0.05, 0.1) is 17.9 Å². The summed E-state index contributed by atoms with van der Waals surface area (Å²) in [7, 11) is 0. The zero-order chi connectivity index (χ0) is 27.8. The van der Waals surface area contributed by atoms with Gasteiger partial charge in [-0.3, -0.25) is 9.59 Å². The number of ether oxygens (including phenoxy) is 1. The van der Waals surface area contributed by atoms with Gasteiger partial charge in [-0.15, -0.1) is 0 Å². The predicted octanol–water partition coefficient (Wildman–Crippen LogP) is 6.48.